The van der Waals surface area contributed by atoms with Gasteiger partial charge in [0.15, 0.2) is 0 Å². The maximum Gasteiger partial charge on any atom is 0.260 e. The number of hydrogen-bond donors (Lipinski definition) is 3. The minimum atomic E-state index is -0.248. The number of nitrogens with one attached hydrogen (secondary N) is 3. The van der Waals surface area contributed by atoms with E-state index in [9.17, 15) is 9.59 Å². The van der Waals surface area contributed by atoms with Crippen molar-refractivity contribution < 1.29 is 4.79 Å². The van der Waals surface area contributed by atoms with Gasteiger partial charge in [-0.05, 0) is 37.3 Å². The third-order valence-corrected chi connectivity index (χ3v) is 6.03. The van der Waals surface area contributed by atoms with Gasteiger partial charge in [0.2, 0.25) is 0 Å². The zero-order valence-electron chi connectivity index (χ0n) is 17.1. The van der Waals surface area contributed by atoms with Crippen molar-refractivity contribution in [2.45, 2.75) is 31.8 Å². The Kier molecular flexibility index (Phi) is 4.66. The molecule has 3 heterocycles. The van der Waals surface area contributed by atoms with Gasteiger partial charge in [0.25, 0.3) is 11.5 Å². The van der Waals surface area contributed by atoms with Crippen molar-refractivity contribution >= 4 is 45.1 Å². The fourth-order valence-corrected chi connectivity index (χ4v) is 4.32. The topological polar surface area (TPSA) is 105 Å². The molecule has 158 valence electrons. The van der Waals surface area contributed by atoms with Crippen molar-refractivity contribution in [2.24, 2.45) is 0 Å². The predicted molar refractivity (Wildman–Crippen MR) is 121 cm³/mol. The lowest BCUT2D eigenvalue weighted by molar-refractivity contribution is 0.0964. The quantitative estimate of drug-likeness (QED) is 0.441. The monoisotopic (exact) mass is 436 g/mol. The molecule has 1 saturated carbocycles. The molecular weight excluding hydrogens is 416 g/mol. The van der Waals surface area contributed by atoms with Crippen LogP contribution in [0.2, 0.25) is 5.02 Å². The van der Waals surface area contributed by atoms with Crippen LogP contribution in [0.15, 0.2) is 41.6 Å². The highest BCUT2D eigenvalue weighted by Gasteiger charge is 2.30. The first-order valence-corrected chi connectivity index (χ1v) is 10.5. The number of nitrogens with zero attached hydrogens (tertiary/aromatic N) is 3. The van der Waals surface area contributed by atoms with Crippen molar-refractivity contribution in [3.05, 3.63) is 63.4 Å². The van der Waals surface area contributed by atoms with Crippen molar-refractivity contribution in [1.82, 2.24) is 24.8 Å². The Labute approximate surface area is 182 Å². The van der Waals surface area contributed by atoms with E-state index in [0.717, 1.165) is 23.9 Å². The molecule has 0 saturated heterocycles. The number of carbonyl (C=O) groups excluding carboxylic acids is 1. The summed E-state index contributed by atoms with van der Waals surface area (Å²) in [6.07, 6.45) is 4.99. The summed E-state index contributed by atoms with van der Waals surface area (Å²) in [5.41, 5.74) is 1.80. The zero-order valence-corrected chi connectivity index (χ0v) is 17.8. The maximum atomic E-state index is 13.3. The Morgan fingerprint density at radius 2 is 2.10 bits per heavy atom. The van der Waals surface area contributed by atoms with Crippen molar-refractivity contribution in [3.63, 3.8) is 0 Å². The second-order valence-corrected chi connectivity index (χ2v) is 8.18. The van der Waals surface area contributed by atoms with Gasteiger partial charge in [-0.1, -0.05) is 23.7 Å². The van der Waals surface area contributed by atoms with Gasteiger partial charge in [-0.15, -0.1) is 0 Å². The number of H-pyrrole nitrogens is 1. The van der Waals surface area contributed by atoms with Crippen LogP contribution in [0.4, 0.5) is 5.82 Å². The molecule has 4 aromatic rings. The number of benzene rings is 1. The van der Waals surface area contributed by atoms with Gasteiger partial charge >= 0.3 is 0 Å². The van der Waals surface area contributed by atoms with Crippen LogP contribution < -0.4 is 16.2 Å². The van der Waals surface area contributed by atoms with Gasteiger partial charge in [-0.2, -0.15) is 0 Å². The van der Waals surface area contributed by atoms with E-state index in [4.69, 9.17) is 11.6 Å². The molecule has 9 heteroatoms. The number of aromatic nitrogens is 4. The highest BCUT2D eigenvalue weighted by Crippen LogP contribution is 2.38. The lowest BCUT2D eigenvalue weighted by Gasteiger charge is -2.21. The smallest absolute Gasteiger partial charge is 0.260 e. The van der Waals surface area contributed by atoms with Gasteiger partial charge in [0.1, 0.15) is 17.8 Å². The SMILES string of the molecule is CNC(=O)c1c[nH]c2ncnc(NC(C)c3cc4cccc(Cl)c4c(=O)n3C3CC3)c12. The third-order valence-electron chi connectivity index (χ3n) is 5.71. The average molecular weight is 437 g/mol. The summed E-state index contributed by atoms with van der Waals surface area (Å²) < 4.78 is 1.85. The standard InChI is InChI=1S/C22H21ClN6O2/c1-11(28-20-18-14(21(30)24-2)9-25-19(18)26-10-27-20)16-8-12-4-3-5-15(23)17(12)22(31)29(16)13-6-7-13/h3-5,8-11,13H,6-7H2,1-2H3,(H,24,30)(H2,25,26,27,28). The lowest BCUT2D eigenvalue weighted by atomic mass is 10.1. The van der Waals surface area contributed by atoms with E-state index in [1.54, 1.807) is 19.3 Å². The molecule has 1 fully saturated rings. The number of pyridine rings is 1. The summed E-state index contributed by atoms with van der Waals surface area (Å²) in [6.45, 7) is 1.98. The predicted octanol–water partition coefficient (Wildman–Crippen LogP) is 3.79. The number of aromatic amines is 1. The first kappa shape index (κ1) is 19.6. The molecule has 0 aliphatic heterocycles. The number of fused-ring (bicyclic) bond motifs is 2. The molecule has 1 aromatic carbocycles. The number of rotatable bonds is 5. The summed E-state index contributed by atoms with van der Waals surface area (Å²) in [5.74, 6) is 0.297. The molecule has 1 aliphatic carbocycles. The van der Waals surface area contributed by atoms with Gasteiger partial charge in [0.05, 0.1) is 27.4 Å². The van der Waals surface area contributed by atoms with Crippen LogP contribution in [0.1, 0.15) is 47.9 Å². The molecule has 1 aliphatic rings. The molecule has 0 bridgehead atoms. The molecule has 31 heavy (non-hydrogen) atoms. The van der Waals surface area contributed by atoms with Crippen LogP contribution in [0.3, 0.4) is 0 Å². The third kappa shape index (κ3) is 3.23. The maximum absolute atomic E-state index is 13.3. The van der Waals surface area contributed by atoms with E-state index in [1.165, 1.54) is 6.33 Å². The summed E-state index contributed by atoms with van der Waals surface area (Å²) >= 11 is 6.35. The normalized spacial score (nSPS) is 14.7. The molecule has 8 nitrogen and oxygen atoms in total. The molecule has 3 N–H and O–H groups in total. The largest absolute Gasteiger partial charge is 0.361 e. The van der Waals surface area contributed by atoms with Gasteiger partial charge < -0.3 is 20.2 Å². The number of carbonyl (C=O) groups is 1. The molecule has 1 atom stereocenters. The van der Waals surface area contributed by atoms with E-state index in [1.807, 2.05) is 29.7 Å². The number of amides is 1. The lowest BCUT2D eigenvalue weighted by Crippen LogP contribution is -2.26. The van der Waals surface area contributed by atoms with Crippen molar-refractivity contribution in [2.75, 3.05) is 12.4 Å². The number of hydrogen-bond acceptors (Lipinski definition) is 5. The Morgan fingerprint density at radius 3 is 2.84 bits per heavy atom. The highest BCUT2D eigenvalue weighted by molar-refractivity contribution is 6.35. The highest BCUT2D eigenvalue weighted by atomic mass is 35.5. The Bertz CT molecular complexity index is 1390. The fraction of sp³-hybridized carbons (Fsp3) is 0.273. The first-order chi connectivity index (χ1) is 15.0. The summed E-state index contributed by atoms with van der Waals surface area (Å²) in [5, 5.41) is 8.45. The van der Waals surface area contributed by atoms with E-state index in [2.05, 4.69) is 25.6 Å². The van der Waals surface area contributed by atoms with Crippen molar-refractivity contribution in [3.8, 4) is 0 Å². The van der Waals surface area contributed by atoms with E-state index >= 15 is 0 Å². The Balaban J connectivity index is 1.63. The van der Waals surface area contributed by atoms with Gasteiger partial charge in [-0.3, -0.25) is 9.59 Å². The summed E-state index contributed by atoms with van der Waals surface area (Å²) in [6, 6.07) is 7.42. The van der Waals surface area contributed by atoms with Crippen LogP contribution in [0, 0.1) is 0 Å². The number of halogens is 1. The summed E-state index contributed by atoms with van der Waals surface area (Å²) in [7, 11) is 1.58. The minimum Gasteiger partial charge on any atom is -0.361 e. The average Bonchev–Trinajstić information content (AvgIpc) is 3.50. The molecule has 5 rings (SSSR count). The van der Waals surface area contributed by atoms with E-state index in [0.29, 0.717) is 32.8 Å². The van der Waals surface area contributed by atoms with Crippen LogP contribution in [-0.4, -0.2) is 32.5 Å². The van der Waals surface area contributed by atoms with Crippen LogP contribution in [-0.2, 0) is 0 Å². The van der Waals surface area contributed by atoms with Crippen LogP contribution >= 0.6 is 11.6 Å². The van der Waals surface area contributed by atoms with Gasteiger partial charge in [-0.25, -0.2) is 9.97 Å². The van der Waals surface area contributed by atoms with Crippen molar-refractivity contribution in [1.29, 1.82) is 0 Å². The molecule has 0 spiro atoms. The van der Waals surface area contributed by atoms with Gasteiger partial charge in [0, 0.05) is 25.0 Å². The molecule has 0 radical (unpaired) electrons. The van der Waals surface area contributed by atoms with E-state index in [-0.39, 0.29) is 23.6 Å². The second kappa shape index (κ2) is 7.39. The molecule has 3 aromatic heterocycles. The Hall–Kier alpha value is -3.39. The zero-order chi connectivity index (χ0) is 21.7. The molecule has 1 amide bonds. The minimum absolute atomic E-state index is 0.0743. The Morgan fingerprint density at radius 1 is 1.29 bits per heavy atom. The van der Waals surface area contributed by atoms with Crippen LogP contribution in [0.5, 0.6) is 0 Å². The van der Waals surface area contributed by atoms with Crippen LogP contribution in [0.25, 0.3) is 21.8 Å². The first-order valence-electron chi connectivity index (χ1n) is 10.1. The molecule has 1 unspecified atom stereocenters. The summed E-state index contributed by atoms with van der Waals surface area (Å²) in [4.78, 5) is 37.2. The molecular formula is C22H21ClN6O2. The number of anilines is 1. The fourth-order valence-electron chi connectivity index (χ4n) is 4.06. The van der Waals surface area contributed by atoms with E-state index < -0.39 is 0 Å². The second-order valence-electron chi connectivity index (χ2n) is 7.77.